The van der Waals surface area contributed by atoms with E-state index in [1.54, 1.807) is 25.2 Å². The van der Waals surface area contributed by atoms with Crippen LogP contribution in [0.4, 0.5) is 5.69 Å². The van der Waals surface area contributed by atoms with Crippen molar-refractivity contribution >= 4 is 17.5 Å². The SMILES string of the molecule is C=C/C=C\C(=C)C[C@@H](CN(C)C)NC(=O)c1cc(-c2cc(C(C)(C)C)cc(CN3O[C@@H](CO)[C@@H]([C@H](C)O)[C@H]3C(=O)N[C@H]3C[C@H]4C[C@@H]([C@@H]3C)C4(C)C)c2OC)cc(N(C)C)c1. The van der Waals surface area contributed by atoms with Gasteiger partial charge >= 0.3 is 0 Å². The standard InChI is InChI=1S/C49H73N5O6/c1-15-16-17-29(2)18-37(27-52(10)11)50-46(57)33-19-32(21-38(22-33)53(12)13)39-23-35(48(5,6)7)20-34(45(39)59-14)26-54-44(43(31(4)56)42(28-55)60-54)47(58)51-41-25-36-24-40(30(41)3)49(36,8)9/h15-17,19-23,30-31,36-37,40-44,55-56H,1-2,18,24-28H2,3-14H3,(H,50,57)(H,51,58)/b17-16-/t30-,31-,36+,37-,40-,41-,42-,43+,44-/m0/s1. The molecular weight excluding hydrogens is 755 g/mol. The van der Waals surface area contributed by atoms with Crippen LogP contribution >= 0.6 is 0 Å². The van der Waals surface area contributed by atoms with Gasteiger partial charge in [0.1, 0.15) is 17.9 Å². The van der Waals surface area contributed by atoms with E-state index in [1.165, 1.54) is 6.42 Å². The van der Waals surface area contributed by atoms with E-state index in [0.717, 1.165) is 39.9 Å². The average Bonchev–Trinajstić information content (AvgIpc) is 3.55. The summed E-state index contributed by atoms with van der Waals surface area (Å²) in [6.45, 7) is 23.4. The lowest BCUT2D eigenvalue weighted by Crippen LogP contribution is -2.62. The molecule has 0 aromatic heterocycles. The Labute approximate surface area is 359 Å². The molecule has 11 heteroatoms. The molecule has 4 fully saturated rings. The van der Waals surface area contributed by atoms with Gasteiger partial charge in [-0.15, -0.1) is 0 Å². The Morgan fingerprint density at radius 1 is 1.12 bits per heavy atom. The zero-order chi connectivity index (χ0) is 44.4. The van der Waals surface area contributed by atoms with Gasteiger partial charge in [-0.2, -0.15) is 5.06 Å². The molecular formula is C49H73N5O6. The van der Waals surface area contributed by atoms with Crippen molar-refractivity contribution < 1.29 is 29.4 Å². The predicted molar refractivity (Wildman–Crippen MR) is 242 cm³/mol. The molecule has 1 aliphatic heterocycles. The first-order valence-corrected chi connectivity index (χ1v) is 21.6. The van der Waals surface area contributed by atoms with Crippen molar-refractivity contribution in [1.29, 1.82) is 0 Å². The number of amides is 2. The third-order valence-electron chi connectivity index (χ3n) is 13.5. The second-order valence-corrected chi connectivity index (χ2v) is 19.8. The van der Waals surface area contributed by atoms with Gasteiger partial charge in [-0.05, 0) is 104 Å². The molecule has 9 atom stereocenters. The first kappa shape index (κ1) is 47.1. The van der Waals surface area contributed by atoms with Crippen molar-refractivity contribution in [2.75, 3.05) is 53.4 Å². The number of ether oxygens (including phenoxy) is 1. The molecule has 330 valence electrons. The van der Waals surface area contributed by atoms with Crippen molar-refractivity contribution in [2.24, 2.45) is 29.1 Å². The van der Waals surface area contributed by atoms with Gasteiger partial charge in [-0.3, -0.25) is 14.4 Å². The number of nitrogens with one attached hydrogen (secondary N) is 2. The first-order valence-electron chi connectivity index (χ1n) is 21.6. The zero-order valence-electron chi connectivity index (χ0n) is 38.3. The van der Waals surface area contributed by atoms with Gasteiger partial charge in [0.2, 0.25) is 5.91 Å². The van der Waals surface area contributed by atoms with Crippen LogP contribution in [0.5, 0.6) is 5.75 Å². The van der Waals surface area contributed by atoms with E-state index in [1.807, 2.05) is 62.3 Å². The molecule has 0 radical (unpaired) electrons. The fraction of sp³-hybridized carbons (Fsp3) is 0.592. The zero-order valence-corrected chi connectivity index (χ0v) is 38.3. The largest absolute Gasteiger partial charge is 0.496 e. The highest BCUT2D eigenvalue weighted by Crippen LogP contribution is 2.61. The van der Waals surface area contributed by atoms with Crippen LogP contribution in [0.2, 0.25) is 0 Å². The number of benzene rings is 2. The summed E-state index contributed by atoms with van der Waals surface area (Å²) >= 11 is 0. The minimum absolute atomic E-state index is 0.0192. The van der Waals surface area contributed by atoms with Crippen LogP contribution in [0.15, 0.2) is 67.3 Å². The number of likely N-dealkylation sites (N-methyl/N-ethyl adjacent to an activating group) is 1. The summed E-state index contributed by atoms with van der Waals surface area (Å²) in [7, 11) is 9.49. The Morgan fingerprint density at radius 3 is 2.37 bits per heavy atom. The highest BCUT2D eigenvalue weighted by Gasteiger charge is 2.57. The number of fused-ring (bicyclic) bond motifs is 2. The van der Waals surface area contributed by atoms with Crippen LogP contribution < -0.4 is 20.3 Å². The summed E-state index contributed by atoms with van der Waals surface area (Å²) < 4.78 is 6.26. The molecule has 4 aliphatic rings. The molecule has 3 aliphatic carbocycles. The highest BCUT2D eigenvalue weighted by molar-refractivity contribution is 5.97. The monoisotopic (exact) mass is 828 g/mol. The Hall–Kier alpha value is -4.00. The summed E-state index contributed by atoms with van der Waals surface area (Å²) in [5.74, 6) is 0.916. The maximum atomic E-state index is 14.5. The number of hydrogen-bond acceptors (Lipinski definition) is 9. The molecule has 4 N–H and O–H groups in total. The van der Waals surface area contributed by atoms with Gasteiger partial charge < -0.3 is 35.4 Å². The van der Waals surface area contributed by atoms with Crippen molar-refractivity contribution in [1.82, 2.24) is 20.6 Å². The topological polar surface area (TPSA) is 127 Å². The Bertz CT molecular complexity index is 1910. The van der Waals surface area contributed by atoms with Gasteiger partial charge in [0.05, 0.1) is 26.4 Å². The van der Waals surface area contributed by atoms with E-state index in [2.05, 4.69) is 83.5 Å². The molecule has 0 unspecified atom stereocenters. The minimum atomic E-state index is -0.922. The number of carbonyl (C=O) groups excluding carboxylic acids is 2. The van der Waals surface area contributed by atoms with Crippen molar-refractivity contribution in [3.63, 3.8) is 0 Å². The number of rotatable bonds is 17. The first-order chi connectivity index (χ1) is 28.1. The van der Waals surface area contributed by atoms with Gasteiger partial charge in [0.15, 0.2) is 0 Å². The maximum Gasteiger partial charge on any atom is 0.251 e. The number of aliphatic hydroxyl groups excluding tert-OH is 2. The van der Waals surface area contributed by atoms with Crippen LogP contribution in [0.25, 0.3) is 11.1 Å². The maximum absolute atomic E-state index is 14.5. The van der Waals surface area contributed by atoms with Crippen molar-refractivity contribution in [3.05, 3.63) is 84.0 Å². The smallest absolute Gasteiger partial charge is 0.251 e. The van der Waals surface area contributed by atoms with E-state index in [-0.39, 0.29) is 47.9 Å². The molecule has 2 amide bonds. The molecule has 0 spiro atoms. The molecule has 2 aromatic rings. The van der Waals surface area contributed by atoms with Gasteiger partial charge in [-0.25, -0.2) is 0 Å². The number of carbonyl (C=O) groups is 2. The predicted octanol–water partition coefficient (Wildman–Crippen LogP) is 6.73. The number of hydroxylamine groups is 2. The summed E-state index contributed by atoms with van der Waals surface area (Å²) in [5, 5.41) is 29.9. The van der Waals surface area contributed by atoms with Crippen LogP contribution in [0, 0.1) is 29.1 Å². The van der Waals surface area contributed by atoms with E-state index in [9.17, 15) is 19.8 Å². The van der Waals surface area contributed by atoms with Crippen molar-refractivity contribution in [2.45, 2.75) is 110 Å². The van der Waals surface area contributed by atoms with Gasteiger partial charge in [-0.1, -0.05) is 84.6 Å². The van der Waals surface area contributed by atoms with Crippen LogP contribution in [0.1, 0.15) is 89.2 Å². The molecule has 11 nitrogen and oxygen atoms in total. The molecule has 2 aromatic carbocycles. The van der Waals surface area contributed by atoms with Gasteiger partial charge in [0, 0.05) is 61.0 Å². The minimum Gasteiger partial charge on any atom is -0.496 e. The van der Waals surface area contributed by atoms with E-state index >= 15 is 0 Å². The van der Waals surface area contributed by atoms with Crippen LogP contribution in [-0.4, -0.2) is 111 Å². The average molecular weight is 828 g/mol. The van der Waals surface area contributed by atoms with E-state index in [4.69, 9.17) is 9.57 Å². The second-order valence-electron chi connectivity index (χ2n) is 19.8. The van der Waals surface area contributed by atoms with Crippen molar-refractivity contribution in [3.8, 4) is 16.9 Å². The lowest BCUT2D eigenvalue weighted by Gasteiger charge is -2.62. The number of nitrogens with zero attached hydrogens (tertiary/aromatic N) is 3. The number of allylic oxidation sites excluding steroid dienone is 3. The fourth-order valence-electron chi connectivity index (χ4n) is 9.96. The Kier molecular flexibility index (Phi) is 14.9. The summed E-state index contributed by atoms with van der Waals surface area (Å²) in [6, 6.07) is 9.02. The Balaban J connectivity index is 1.55. The normalized spacial score (nSPS) is 26.0. The summed E-state index contributed by atoms with van der Waals surface area (Å²) in [5.41, 5.74) is 5.57. The second kappa shape index (κ2) is 18.9. The van der Waals surface area contributed by atoms with E-state index < -0.39 is 24.2 Å². The lowest BCUT2D eigenvalue weighted by molar-refractivity contribution is -0.183. The fourth-order valence-corrected chi connectivity index (χ4v) is 9.96. The van der Waals surface area contributed by atoms with Gasteiger partial charge in [0.25, 0.3) is 5.91 Å². The third-order valence-corrected chi connectivity index (χ3v) is 13.5. The quantitative estimate of drug-likeness (QED) is 0.129. The number of methoxy groups -OCH3 is 1. The molecule has 2 bridgehead atoms. The van der Waals surface area contributed by atoms with Crippen LogP contribution in [-0.2, 0) is 21.6 Å². The molecule has 1 heterocycles. The highest BCUT2D eigenvalue weighted by atomic mass is 16.7. The molecule has 3 saturated carbocycles. The summed E-state index contributed by atoms with van der Waals surface area (Å²) in [6.07, 6.45) is 6.45. The molecule has 60 heavy (non-hydrogen) atoms. The molecule has 1 saturated heterocycles. The summed E-state index contributed by atoms with van der Waals surface area (Å²) in [4.78, 5) is 39.1. The Morgan fingerprint density at radius 2 is 1.82 bits per heavy atom. The number of anilines is 1. The lowest BCUT2D eigenvalue weighted by atomic mass is 9.45. The third kappa shape index (κ3) is 10.2. The van der Waals surface area contributed by atoms with E-state index in [0.29, 0.717) is 42.0 Å². The van der Waals surface area contributed by atoms with Crippen LogP contribution in [0.3, 0.4) is 0 Å². The number of aliphatic hydroxyl groups is 2. The molecule has 6 rings (SSSR count). The number of hydrogen-bond donors (Lipinski definition) is 4.